The number of hydrogen-bond donors (Lipinski definition) is 0. The van der Waals surface area contributed by atoms with E-state index in [9.17, 15) is 5.26 Å². The summed E-state index contributed by atoms with van der Waals surface area (Å²) in [7, 11) is 0. The molecule has 5 rings (SSSR count). The highest BCUT2D eigenvalue weighted by Crippen LogP contribution is 2.38. The lowest BCUT2D eigenvalue weighted by Crippen LogP contribution is -2.01. The highest BCUT2D eigenvalue weighted by atomic mass is 14.9. The summed E-state index contributed by atoms with van der Waals surface area (Å²) in [5.74, 6) is 0. The zero-order valence-electron chi connectivity index (χ0n) is 19.6. The molecule has 0 amide bonds. The van der Waals surface area contributed by atoms with Gasteiger partial charge in [0, 0.05) is 27.8 Å². The molecule has 0 radical (unpaired) electrons. The van der Waals surface area contributed by atoms with Gasteiger partial charge in [-0.25, -0.2) is 9.97 Å². The average molecular weight is 463 g/mol. The molecule has 0 aliphatic carbocycles. The van der Waals surface area contributed by atoms with Gasteiger partial charge in [-0.15, -0.1) is 0 Å². The van der Waals surface area contributed by atoms with Crippen molar-refractivity contribution < 1.29 is 0 Å². The highest BCUT2D eigenvalue weighted by molar-refractivity contribution is 5.87. The Morgan fingerprint density at radius 1 is 0.639 bits per heavy atom. The van der Waals surface area contributed by atoms with Crippen molar-refractivity contribution >= 4 is 18.5 Å². The molecule has 0 saturated heterocycles. The van der Waals surface area contributed by atoms with E-state index in [0.29, 0.717) is 5.56 Å². The molecule has 4 heteroatoms. The molecule has 36 heavy (non-hydrogen) atoms. The largest absolute Gasteiger partial charge is 0.264 e. The van der Waals surface area contributed by atoms with Gasteiger partial charge in [0.2, 0.25) is 0 Å². The minimum atomic E-state index is 0.598. The quantitative estimate of drug-likeness (QED) is 0.240. The van der Waals surface area contributed by atoms with Crippen molar-refractivity contribution in [1.29, 1.82) is 5.26 Å². The van der Waals surface area contributed by atoms with E-state index in [4.69, 9.17) is 9.97 Å². The molecule has 0 aliphatic rings. The van der Waals surface area contributed by atoms with Gasteiger partial charge in [0.25, 0.3) is 0 Å². The van der Waals surface area contributed by atoms with Gasteiger partial charge >= 0.3 is 0 Å². The summed E-state index contributed by atoms with van der Waals surface area (Å²) in [6.45, 7) is 7.61. The molecule has 0 saturated carbocycles. The first-order valence-corrected chi connectivity index (χ1v) is 11.5. The van der Waals surface area contributed by atoms with Gasteiger partial charge in [-0.2, -0.15) is 5.26 Å². The van der Waals surface area contributed by atoms with Crippen molar-refractivity contribution in [3.05, 3.63) is 121 Å². The molecule has 0 bridgehead atoms. The Kier molecular flexibility index (Phi) is 6.29. The second-order valence-corrected chi connectivity index (χ2v) is 8.18. The van der Waals surface area contributed by atoms with Gasteiger partial charge < -0.3 is 0 Å². The van der Waals surface area contributed by atoms with Gasteiger partial charge in [0.1, 0.15) is 0 Å². The van der Waals surface area contributed by atoms with Gasteiger partial charge in [0.15, 0.2) is 0 Å². The maximum Gasteiger partial charge on any atom is 0.0991 e. The molecule has 0 unspecified atom stereocenters. The fraction of sp³-hybridized carbons (Fsp3) is 0. The van der Waals surface area contributed by atoms with E-state index in [1.807, 2.05) is 91.0 Å². The third-order valence-electron chi connectivity index (χ3n) is 5.97. The molecular weight excluding hydrogens is 440 g/mol. The highest BCUT2D eigenvalue weighted by Gasteiger charge is 2.19. The molecule has 0 spiro atoms. The predicted molar refractivity (Wildman–Crippen MR) is 148 cm³/mol. The number of aromatic nitrogens is 2. The third-order valence-corrected chi connectivity index (χ3v) is 5.97. The minimum absolute atomic E-state index is 0.598. The van der Waals surface area contributed by atoms with Crippen molar-refractivity contribution in [3.63, 3.8) is 0 Å². The van der Waals surface area contributed by atoms with Crippen LogP contribution in [-0.2, 0) is 0 Å². The zero-order chi connectivity index (χ0) is 24.9. The molecule has 1 aromatic heterocycles. The van der Waals surface area contributed by atoms with E-state index in [-0.39, 0.29) is 0 Å². The molecular formula is C32H22N4. The Hall–Kier alpha value is -5.14. The normalized spacial score (nSPS) is 10.4. The van der Waals surface area contributed by atoms with E-state index in [1.54, 1.807) is 18.2 Å². The van der Waals surface area contributed by atoms with Gasteiger partial charge in [0.05, 0.1) is 40.1 Å². The van der Waals surface area contributed by atoms with Crippen LogP contribution >= 0.6 is 0 Å². The fourth-order valence-electron chi connectivity index (χ4n) is 4.14. The Morgan fingerprint density at radius 2 is 1.11 bits per heavy atom. The summed E-state index contributed by atoms with van der Waals surface area (Å²) in [5, 5.41) is 9.27. The van der Waals surface area contributed by atoms with Crippen LogP contribution in [0.2, 0.25) is 0 Å². The predicted octanol–water partition coefficient (Wildman–Crippen LogP) is 7.99. The first-order chi connectivity index (χ1) is 17.7. The van der Waals surface area contributed by atoms with Crippen LogP contribution in [0.1, 0.15) is 11.1 Å². The fourth-order valence-corrected chi connectivity index (χ4v) is 4.14. The molecule has 0 fully saturated rings. The van der Waals surface area contributed by atoms with Crippen LogP contribution in [0.5, 0.6) is 0 Å². The van der Waals surface area contributed by atoms with Crippen molar-refractivity contribution in [2.24, 2.45) is 4.99 Å². The topological polar surface area (TPSA) is 61.9 Å². The van der Waals surface area contributed by atoms with Crippen LogP contribution in [0, 0.1) is 11.3 Å². The monoisotopic (exact) mass is 462 g/mol. The van der Waals surface area contributed by atoms with Crippen LogP contribution in [0.25, 0.3) is 51.1 Å². The SMILES string of the molecule is C=Cc1cc(-c2nc(-c3ccccc3)c(-c3ccc(C#N)cc3)nc2-c2ccccc2)ccc1N=C. The number of aliphatic imine (C=N–C) groups is 1. The van der Waals surface area contributed by atoms with E-state index < -0.39 is 0 Å². The summed E-state index contributed by atoms with van der Waals surface area (Å²) in [5.41, 5.74) is 9.00. The molecule has 5 aromatic rings. The van der Waals surface area contributed by atoms with Crippen molar-refractivity contribution in [3.8, 4) is 51.1 Å². The van der Waals surface area contributed by atoms with Gasteiger partial charge in [-0.3, -0.25) is 4.99 Å². The van der Waals surface area contributed by atoms with E-state index >= 15 is 0 Å². The lowest BCUT2D eigenvalue weighted by Gasteiger charge is -2.16. The molecule has 1 heterocycles. The Labute approximate surface area is 210 Å². The number of nitriles is 1. The summed E-state index contributed by atoms with van der Waals surface area (Å²) in [4.78, 5) is 14.6. The zero-order valence-corrected chi connectivity index (χ0v) is 19.6. The van der Waals surface area contributed by atoms with Crippen LogP contribution in [0.4, 0.5) is 5.69 Å². The van der Waals surface area contributed by atoms with Gasteiger partial charge in [-0.1, -0.05) is 91.5 Å². The molecule has 4 nitrogen and oxygen atoms in total. The molecule has 0 aliphatic heterocycles. The van der Waals surface area contributed by atoms with E-state index in [0.717, 1.165) is 56.3 Å². The third kappa shape index (κ3) is 4.34. The maximum atomic E-state index is 9.27. The number of benzene rings is 4. The second kappa shape index (κ2) is 10.0. The Balaban J connectivity index is 1.84. The lowest BCUT2D eigenvalue weighted by atomic mass is 9.98. The molecule has 0 N–H and O–H groups in total. The minimum Gasteiger partial charge on any atom is -0.264 e. The van der Waals surface area contributed by atoms with E-state index in [2.05, 4.69) is 24.4 Å². The molecule has 4 aromatic carbocycles. The van der Waals surface area contributed by atoms with Crippen molar-refractivity contribution in [2.75, 3.05) is 0 Å². The van der Waals surface area contributed by atoms with Crippen molar-refractivity contribution in [1.82, 2.24) is 9.97 Å². The summed E-state index contributed by atoms with van der Waals surface area (Å²) >= 11 is 0. The standard InChI is InChI=1S/C32H22N4/c1-3-23-20-27(18-19-28(23)34-2)32-30(25-12-8-5-9-13-25)35-31(26-16-14-22(21-33)15-17-26)29(36-32)24-10-6-4-7-11-24/h3-20H,1-2H2. The van der Waals surface area contributed by atoms with Gasteiger partial charge in [-0.05, 0) is 31.0 Å². The molecule has 0 atom stereocenters. The lowest BCUT2D eigenvalue weighted by molar-refractivity contribution is 1.21. The summed E-state index contributed by atoms with van der Waals surface area (Å²) in [6.07, 6.45) is 1.77. The average Bonchev–Trinajstić information content (AvgIpc) is 2.97. The van der Waals surface area contributed by atoms with Crippen LogP contribution in [-0.4, -0.2) is 16.7 Å². The van der Waals surface area contributed by atoms with Crippen LogP contribution < -0.4 is 0 Å². The number of nitrogens with zero attached hydrogens (tertiary/aromatic N) is 4. The first kappa shape index (κ1) is 22.6. The Morgan fingerprint density at radius 3 is 1.58 bits per heavy atom. The second-order valence-electron chi connectivity index (χ2n) is 8.18. The summed E-state index contributed by atoms with van der Waals surface area (Å²) < 4.78 is 0. The van der Waals surface area contributed by atoms with Crippen LogP contribution in [0.3, 0.4) is 0 Å². The number of rotatable bonds is 6. The molecule has 170 valence electrons. The number of hydrogen-bond acceptors (Lipinski definition) is 4. The maximum absolute atomic E-state index is 9.27. The smallest absolute Gasteiger partial charge is 0.0991 e. The summed E-state index contributed by atoms with van der Waals surface area (Å²) in [6, 6.07) is 35.6. The van der Waals surface area contributed by atoms with Crippen molar-refractivity contribution in [2.45, 2.75) is 0 Å². The first-order valence-electron chi connectivity index (χ1n) is 11.5. The van der Waals surface area contributed by atoms with Crippen LogP contribution in [0.15, 0.2) is 115 Å². The van der Waals surface area contributed by atoms with E-state index in [1.165, 1.54) is 0 Å². The Bertz CT molecular complexity index is 1600.